The van der Waals surface area contributed by atoms with Crippen LogP contribution in [0.25, 0.3) is 11.3 Å². The number of amides is 1. The molecule has 4 nitrogen and oxygen atoms in total. The van der Waals surface area contributed by atoms with Gasteiger partial charge in [-0.2, -0.15) is 0 Å². The zero-order chi connectivity index (χ0) is 26.0. The van der Waals surface area contributed by atoms with Gasteiger partial charge in [0.15, 0.2) is 11.6 Å². The van der Waals surface area contributed by atoms with Gasteiger partial charge in [0, 0.05) is 33.7 Å². The summed E-state index contributed by atoms with van der Waals surface area (Å²) in [5, 5.41) is 1.30. The van der Waals surface area contributed by atoms with Gasteiger partial charge in [-0.15, -0.1) is 0 Å². The van der Waals surface area contributed by atoms with Crippen molar-refractivity contribution in [1.29, 1.82) is 0 Å². The molecule has 0 aromatic heterocycles. The van der Waals surface area contributed by atoms with E-state index in [1.54, 1.807) is 42.5 Å². The van der Waals surface area contributed by atoms with E-state index in [4.69, 9.17) is 39.5 Å². The van der Waals surface area contributed by atoms with Crippen molar-refractivity contribution >= 4 is 58.3 Å². The van der Waals surface area contributed by atoms with Crippen LogP contribution >= 0.6 is 34.8 Å². The largest absolute Gasteiger partial charge is 0.466 e. The molecule has 0 spiro atoms. The van der Waals surface area contributed by atoms with Gasteiger partial charge < -0.3 is 4.74 Å². The molecule has 1 amide bonds. The van der Waals surface area contributed by atoms with Gasteiger partial charge in [0.1, 0.15) is 12.1 Å². The highest BCUT2D eigenvalue weighted by Crippen LogP contribution is 2.39. The average molecular weight is 550 g/mol. The highest BCUT2D eigenvalue weighted by molar-refractivity contribution is 6.36. The van der Waals surface area contributed by atoms with Gasteiger partial charge in [0.05, 0.1) is 10.7 Å². The van der Waals surface area contributed by atoms with E-state index in [-0.39, 0.29) is 24.0 Å². The van der Waals surface area contributed by atoms with Crippen LogP contribution in [-0.4, -0.2) is 23.4 Å². The van der Waals surface area contributed by atoms with Gasteiger partial charge in [-0.1, -0.05) is 60.8 Å². The Morgan fingerprint density at radius 2 is 1.67 bits per heavy atom. The van der Waals surface area contributed by atoms with Crippen LogP contribution in [0.3, 0.4) is 0 Å². The summed E-state index contributed by atoms with van der Waals surface area (Å²) < 4.78 is 33.8. The van der Waals surface area contributed by atoms with Crippen LogP contribution in [-0.2, 0) is 4.79 Å². The summed E-state index contributed by atoms with van der Waals surface area (Å²) in [5.74, 6) is -2.25. The first-order valence-corrected chi connectivity index (χ1v) is 12.2. The maximum Gasteiger partial charge on any atom is 0.231 e. The summed E-state index contributed by atoms with van der Waals surface area (Å²) in [6, 6.07) is 15.1. The van der Waals surface area contributed by atoms with Gasteiger partial charge in [0.25, 0.3) is 0 Å². The highest BCUT2D eigenvalue weighted by Gasteiger charge is 2.35. The molecule has 3 aromatic rings. The predicted molar refractivity (Wildman–Crippen MR) is 140 cm³/mol. The molecule has 0 fully saturated rings. The molecule has 4 rings (SSSR count). The van der Waals surface area contributed by atoms with Crippen LogP contribution in [0.15, 0.2) is 65.7 Å². The lowest BCUT2D eigenvalue weighted by Gasteiger charge is -2.35. The summed E-state index contributed by atoms with van der Waals surface area (Å²) in [6.45, 7) is 3.83. The SMILES string of the molecule is CC(C)CC(=O)N1C=NC(c2ccc(Cl)cc2Cl)=C(c2ccc(Cl)cc2)C1Oc1ccc(F)c(F)c1. The van der Waals surface area contributed by atoms with E-state index in [1.165, 1.54) is 17.3 Å². The number of aliphatic imine (C=N–C) groups is 1. The number of benzene rings is 3. The van der Waals surface area contributed by atoms with Crippen LogP contribution in [0, 0.1) is 17.6 Å². The van der Waals surface area contributed by atoms with Gasteiger partial charge in [-0.3, -0.25) is 9.69 Å². The van der Waals surface area contributed by atoms with Crippen LogP contribution < -0.4 is 4.74 Å². The van der Waals surface area contributed by atoms with Crippen molar-refractivity contribution < 1.29 is 18.3 Å². The molecule has 0 N–H and O–H groups in total. The van der Waals surface area contributed by atoms with E-state index in [0.29, 0.717) is 37.5 Å². The Hall–Kier alpha value is -2.93. The molecule has 1 atom stereocenters. The lowest BCUT2D eigenvalue weighted by Crippen LogP contribution is -2.46. The van der Waals surface area contributed by atoms with Crippen LogP contribution in [0.2, 0.25) is 15.1 Å². The van der Waals surface area contributed by atoms with Crippen molar-refractivity contribution in [3.05, 3.63) is 98.5 Å². The molecular formula is C27H21Cl3F2N2O2. The molecule has 0 radical (unpaired) electrons. The minimum atomic E-state index is -1.07. The third-order valence-corrected chi connectivity index (χ3v) is 6.22. The minimum Gasteiger partial charge on any atom is -0.466 e. The first-order valence-electron chi connectivity index (χ1n) is 11.1. The quantitative estimate of drug-likeness (QED) is 0.312. The van der Waals surface area contributed by atoms with E-state index in [0.717, 1.165) is 12.1 Å². The first-order chi connectivity index (χ1) is 17.1. The third-order valence-electron chi connectivity index (χ3n) is 5.42. The van der Waals surface area contributed by atoms with E-state index in [9.17, 15) is 13.6 Å². The molecular weight excluding hydrogens is 529 g/mol. The minimum absolute atomic E-state index is 0.0320. The van der Waals surface area contributed by atoms with E-state index in [2.05, 4.69) is 4.99 Å². The fraction of sp³-hybridized carbons (Fsp3) is 0.185. The number of carbonyl (C=O) groups is 1. The number of carbonyl (C=O) groups excluding carboxylic acids is 1. The van der Waals surface area contributed by atoms with Crippen molar-refractivity contribution in [2.24, 2.45) is 10.9 Å². The Bertz CT molecular complexity index is 1360. The van der Waals surface area contributed by atoms with E-state index >= 15 is 0 Å². The number of hydrogen-bond donors (Lipinski definition) is 0. The molecule has 0 aliphatic carbocycles. The lowest BCUT2D eigenvalue weighted by molar-refractivity contribution is -0.131. The maximum absolute atomic E-state index is 14.0. The molecule has 0 saturated heterocycles. The Labute approximate surface area is 222 Å². The first kappa shape index (κ1) is 26.1. The molecule has 1 heterocycles. The molecule has 1 aliphatic rings. The molecule has 0 bridgehead atoms. The standard InChI is InChI=1S/C27H21Cl3F2N2O2/c1-15(2)11-24(35)34-14-33-26(20-9-7-18(29)12-21(20)30)25(16-3-5-17(28)6-4-16)27(34)36-19-8-10-22(31)23(32)13-19/h3-10,12-15,27H,11H2,1-2H3. The van der Waals surface area contributed by atoms with Crippen LogP contribution in [0.4, 0.5) is 8.78 Å². The molecule has 1 aliphatic heterocycles. The summed E-state index contributed by atoms with van der Waals surface area (Å²) in [6.07, 6.45) is 0.519. The smallest absolute Gasteiger partial charge is 0.231 e. The Morgan fingerprint density at radius 1 is 0.972 bits per heavy atom. The summed E-state index contributed by atoms with van der Waals surface area (Å²) >= 11 is 18.8. The van der Waals surface area contributed by atoms with Crippen LogP contribution in [0.1, 0.15) is 31.4 Å². The average Bonchev–Trinajstić information content (AvgIpc) is 2.81. The molecule has 1 unspecified atom stereocenters. The van der Waals surface area contributed by atoms with Crippen molar-refractivity contribution in [1.82, 2.24) is 4.90 Å². The van der Waals surface area contributed by atoms with E-state index in [1.807, 2.05) is 13.8 Å². The third kappa shape index (κ3) is 5.72. The Kier molecular flexibility index (Phi) is 7.98. The number of ether oxygens (including phenoxy) is 1. The number of hydrogen-bond acceptors (Lipinski definition) is 3. The van der Waals surface area contributed by atoms with Gasteiger partial charge in [-0.25, -0.2) is 13.8 Å². The van der Waals surface area contributed by atoms with Gasteiger partial charge in [0.2, 0.25) is 12.1 Å². The summed E-state index contributed by atoms with van der Waals surface area (Å²) in [7, 11) is 0. The fourth-order valence-corrected chi connectivity index (χ4v) is 4.38. The molecule has 9 heteroatoms. The Balaban J connectivity index is 1.93. The van der Waals surface area contributed by atoms with Crippen molar-refractivity contribution in [2.45, 2.75) is 26.5 Å². The fourth-order valence-electron chi connectivity index (χ4n) is 3.76. The molecule has 36 heavy (non-hydrogen) atoms. The zero-order valence-corrected chi connectivity index (χ0v) is 21.6. The predicted octanol–water partition coefficient (Wildman–Crippen LogP) is 8.12. The van der Waals surface area contributed by atoms with Crippen LogP contribution in [0.5, 0.6) is 5.75 Å². The second-order valence-corrected chi connectivity index (χ2v) is 9.86. The van der Waals surface area contributed by atoms with Crippen molar-refractivity contribution in [3.63, 3.8) is 0 Å². The van der Waals surface area contributed by atoms with Crippen molar-refractivity contribution in [2.75, 3.05) is 0 Å². The Morgan fingerprint density at radius 3 is 2.31 bits per heavy atom. The number of rotatable bonds is 6. The lowest BCUT2D eigenvalue weighted by atomic mass is 9.96. The second-order valence-electron chi connectivity index (χ2n) is 8.58. The van der Waals surface area contributed by atoms with Crippen molar-refractivity contribution in [3.8, 4) is 5.75 Å². The van der Waals surface area contributed by atoms with Gasteiger partial charge in [-0.05, 0) is 53.9 Å². The summed E-state index contributed by atoms with van der Waals surface area (Å²) in [4.78, 5) is 19.2. The van der Waals surface area contributed by atoms with E-state index < -0.39 is 17.9 Å². The molecule has 0 saturated carbocycles. The molecule has 3 aromatic carbocycles. The summed E-state index contributed by atoms with van der Waals surface area (Å²) in [5.41, 5.74) is 2.12. The number of nitrogens with zero attached hydrogens (tertiary/aromatic N) is 2. The zero-order valence-electron chi connectivity index (χ0n) is 19.3. The normalized spacial score (nSPS) is 15.6. The number of halogens is 5. The maximum atomic E-state index is 14.0. The second kappa shape index (κ2) is 11.0. The highest BCUT2D eigenvalue weighted by atomic mass is 35.5. The monoisotopic (exact) mass is 548 g/mol. The topological polar surface area (TPSA) is 41.9 Å². The molecule has 186 valence electrons. The van der Waals surface area contributed by atoms with Gasteiger partial charge >= 0.3 is 0 Å².